The van der Waals surface area contributed by atoms with E-state index in [0.29, 0.717) is 30.1 Å². The highest BCUT2D eigenvalue weighted by Gasteiger charge is 2.58. The lowest BCUT2D eigenvalue weighted by molar-refractivity contribution is -0.133. The number of imidazole rings is 1. The highest BCUT2D eigenvalue weighted by molar-refractivity contribution is 5.94. The Bertz CT molecular complexity index is 1810. The predicted molar refractivity (Wildman–Crippen MR) is 181 cm³/mol. The Morgan fingerprint density at radius 1 is 1.10 bits per heavy atom. The van der Waals surface area contributed by atoms with Crippen LogP contribution in [-0.2, 0) is 26.2 Å². The van der Waals surface area contributed by atoms with Crippen LogP contribution in [0.3, 0.4) is 0 Å². The fraction of sp³-hybridized carbons (Fsp3) is 0.514. The average Bonchev–Trinajstić information content (AvgIpc) is 3.37. The highest BCUT2D eigenvalue weighted by atomic mass is 19.1. The Labute approximate surface area is 280 Å². The monoisotopic (exact) mass is 655 g/mol. The summed E-state index contributed by atoms with van der Waals surface area (Å²) in [6.07, 6.45) is 7.65. The molecule has 2 heterocycles. The zero-order valence-electron chi connectivity index (χ0n) is 28.5. The van der Waals surface area contributed by atoms with Gasteiger partial charge in [0, 0.05) is 33.1 Å². The minimum atomic E-state index is -0.937. The SMILES string of the molecule is CCNC(=O)[C@H](NC(=O)C(C)(C)c1ccc2nc([C@@H](NC(=O)C3=CCN(C)N3C)[C@H]3c4cc(F)ccc4CC34CC4)[nH]c2c1)C1CCC1. The maximum atomic E-state index is 14.7. The van der Waals surface area contributed by atoms with Gasteiger partial charge in [-0.3, -0.25) is 14.4 Å². The zero-order chi connectivity index (χ0) is 34.0. The van der Waals surface area contributed by atoms with Gasteiger partial charge in [0.25, 0.3) is 5.91 Å². The lowest BCUT2D eigenvalue weighted by atomic mass is 9.78. The molecule has 2 saturated carbocycles. The summed E-state index contributed by atoms with van der Waals surface area (Å²) in [7, 11) is 3.79. The van der Waals surface area contributed by atoms with E-state index >= 15 is 0 Å². The van der Waals surface area contributed by atoms with Crippen molar-refractivity contribution in [2.45, 2.75) is 82.7 Å². The summed E-state index contributed by atoms with van der Waals surface area (Å²) >= 11 is 0. The number of rotatable bonds is 10. The Hall–Kier alpha value is -4.25. The molecule has 3 aromatic rings. The number of aromatic nitrogens is 2. The summed E-state index contributed by atoms with van der Waals surface area (Å²) in [4.78, 5) is 49.0. The molecule has 0 unspecified atom stereocenters. The van der Waals surface area contributed by atoms with Gasteiger partial charge in [0.2, 0.25) is 11.8 Å². The lowest BCUT2D eigenvalue weighted by Crippen LogP contribution is -2.55. The molecule has 3 amide bonds. The van der Waals surface area contributed by atoms with Gasteiger partial charge in [-0.05, 0) is 111 Å². The molecule has 3 aliphatic carbocycles. The molecule has 254 valence electrons. The van der Waals surface area contributed by atoms with Crippen LogP contribution < -0.4 is 16.0 Å². The normalized spacial score (nSPS) is 21.4. The van der Waals surface area contributed by atoms with E-state index in [1.807, 2.05) is 75.2 Å². The van der Waals surface area contributed by atoms with Crippen LogP contribution in [0.5, 0.6) is 0 Å². The van der Waals surface area contributed by atoms with Crippen molar-refractivity contribution in [2.24, 2.45) is 11.3 Å². The van der Waals surface area contributed by atoms with Gasteiger partial charge >= 0.3 is 0 Å². The third-order valence-electron chi connectivity index (χ3n) is 11.4. The molecule has 3 atom stereocenters. The van der Waals surface area contributed by atoms with E-state index < -0.39 is 17.5 Å². The van der Waals surface area contributed by atoms with Gasteiger partial charge < -0.3 is 25.9 Å². The second-order valence-corrected chi connectivity index (χ2v) is 14.8. The van der Waals surface area contributed by atoms with E-state index in [1.165, 1.54) is 6.07 Å². The van der Waals surface area contributed by atoms with Crippen LogP contribution in [-0.4, -0.2) is 70.9 Å². The van der Waals surface area contributed by atoms with Gasteiger partial charge in [0.05, 0.1) is 22.5 Å². The molecule has 0 saturated heterocycles. The predicted octanol–water partition coefficient (Wildman–Crippen LogP) is 4.35. The van der Waals surface area contributed by atoms with Crippen molar-refractivity contribution in [2.75, 3.05) is 27.2 Å². The number of aromatic amines is 1. The Morgan fingerprint density at radius 2 is 1.88 bits per heavy atom. The number of hydrazine groups is 1. The van der Waals surface area contributed by atoms with Crippen molar-refractivity contribution < 1.29 is 18.8 Å². The minimum Gasteiger partial charge on any atom is -0.355 e. The molecule has 1 spiro atoms. The lowest BCUT2D eigenvalue weighted by Gasteiger charge is -2.35. The van der Waals surface area contributed by atoms with Gasteiger partial charge in [0.15, 0.2) is 0 Å². The Morgan fingerprint density at radius 3 is 2.52 bits per heavy atom. The van der Waals surface area contributed by atoms with Crippen molar-refractivity contribution in [3.05, 3.63) is 76.5 Å². The van der Waals surface area contributed by atoms with Crippen molar-refractivity contribution in [1.82, 2.24) is 35.9 Å². The Balaban J connectivity index is 1.22. The average molecular weight is 656 g/mol. The summed E-state index contributed by atoms with van der Waals surface area (Å²) in [5, 5.41) is 13.1. The maximum absolute atomic E-state index is 14.7. The molecule has 2 aromatic carbocycles. The van der Waals surface area contributed by atoms with E-state index in [2.05, 4.69) is 20.9 Å². The molecule has 2 fully saturated rings. The molecule has 10 nitrogen and oxygen atoms in total. The number of nitrogens with one attached hydrogen (secondary N) is 4. The third-order valence-corrected chi connectivity index (χ3v) is 11.4. The number of H-pyrrole nitrogens is 1. The quantitative estimate of drug-likeness (QED) is 0.258. The zero-order valence-corrected chi connectivity index (χ0v) is 28.5. The summed E-state index contributed by atoms with van der Waals surface area (Å²) in [6, 6.07) is 9.67. The number of halogens is 1. The molecule has 4 N–H and O–H groups in total. The van der Waals surface area contributed by atoms with Crippen LogP contribution in [0.15, 0.2) is 48.2 Å². The molecule has 11 heteroatoms. The summed E-state index contributed by atoms with van der Waals surface area (Å²) in [5.74, 6) is -0.262. The molecular formula is C37H46FN7O3. The van der Waals surface area contributed by atoms with Crippen molar-refractivity contribution >= 4 is 28.8 Å². The van der Waals surface area contributed by atoms with Crippen LogP contribution in [0.2, 0.25) is 0 Å². The first-order valence-electron chi connectivity index (χ1n) is 17.2. The van der Waals surface area contributed by atoms with Crippen molar-refractivity contribution in [1.29, 1.82) is 0 Å². The number of fused-ring (bicyclic) bond motifs is 2. The second kappa shape index (κ2) is 12.0. The standard InChI is InChI=1S/C37H46FN7O3/c1-6-39-34(47)30(21-8-7-9-21)43-35(48)36(2,3)23-11-13-26-27(18-23)41-32(40-26)31(42-33(46)28-14-17-44(4)45(28)5)29-25-19-24(38)12-10-22(25)20-37(29)15-16-37/h10-14,18-19,21,29-31H,6-9,15-17,20H2,1-5H3,(H,39,47)(H,40,41)(H,42,46)(H,43,48)/t29-,30-,31+/m1/s1. The second-order valence-electron chi connectivity index (χ2n) is 14.8. The minimum absolute atomic E-state index is 0.0634. The Kier molecular flexibility index (Phi) is 8.09. The van der Waals surface area contributed by atoms with Crippen LogP contribution in [0, 0.1) is 17.2 Å². The number of benzene rings is 2. The van der Waals surface area contributed by atoms with Gasteiger partial charge in [0.1, 0.15) is 23.4 Å². The first-order chi connectivity index (χ1) is 22.9. The molecule has 0 bridgehead atoms. The molecule has 4 aliphatic rings. The molecule has 1 aliphatic heterocycles. The van der Waals surface area contributed by atoms with Crippen LogP contribution >= 0.6 is 0 Å². The summed E-state index contributed by atoms with van der Waals surface area (Å²) in [5.41, 5.74) is 3.83. The smallest absolute Gasteiger partial charge is 0.269 e. The molecule has 7 rings (SSSR count). The maximum Gasteiger partial charge on any atom is 0.269 e. The van der Waals surface area contributed by atoms with E-state index in [1.54, 1.807) is 6.07 Å². The van der Waals surface area contributed by atoms with E-state index in [-0.39, 0.29) is 40.8 Å². The number of carbonyl (C=O) groups excluding carboxylic acids is 3. The topological polar surface area (TPSA) is 122 Å². The van der Waals surface area contributed by atoms with Crippen LogP contribution in [0.4, 0.5) is 4.39 Å². The number of nitrogens with zero attached hydrogens (tertiary/aromatic N) is 3. The van der Waals surface area contributed by atoms with Gasteiger partial charge in [-0.2, -0.15) is 0 Å². The number of likely N-dealkylation sites (N-methyl/N-ethyl adjacent to an activating group) is 3. The number of carbonyl (C=O) groups is 3. The van der Waals surface area contributed by atoms with E-state index in [4.69, 9.17) is 4.98 Å². The highest BCUT2D eigenvalue weighted by Crippen LogP contribution is 2.66. The first kappa shape index (κ1) is 32.3. The molecule has 48 heavy (non-hydrogen) atoms. The van der Waals surface area contributed by atoms with Gasteiger partial charge in [-0.25, -0.2) is 14.4 Å². The van der Waals surface area contributed by atoms with Crippen molar-refractivity contribution in [3.8, 4) is 0 Å². The van der Waals surface area contributed by atoms with Crippen molar-refractivity contribution in [3.63, 3.8) is 0 Å². The first-order valence-corrected chi connectivity index (χ1v) is 17.2. The fourth-order valence-electron chi connectivity index (χ4n) is 7.91. The summed E-state index contributed by atoms with van der Waals surface area (Å²) < 4.78 is 14.7. The van der Waals surface area contributed by atoms with Gasteiger partial charge in [-0.15, -0.1) is 0 Å². The molecule has 0 radical (unpaired) electrons. The number of amides is 3. The third kappa shape index (κ3) is 5.55. The largest absolute Gasteiger partial charge is 0.355 e. The molecule has 1 aromatic heterocycles. The fourth-order valence-corrected chi connectivity index (χ4v) is 7.91. The number of hydrogen-bond acceptors (Lipinski definition) is 6. The van der Waals surface area contributed by atoms with Gasteiger partial charge in [-0.1, -0.05) is 18.6 Å². The van der Waals surface area contributed by atoms with Crippen LogP contribution in [0.25, 0.3) is 11.0 Å². The number of hydrogen-bond donors (Lipinski definition) is 4. The van der Waals surface area contributed by atoms with Crippen LogP contribution in [0.1, 0.15) is 87.3 Å². The van der Waals surface area contributed by atoms with E-state index in [9.17, 15) is 18.8 Å². The molecular weight excluding hydrogens is 609 g/mol. The summed E-state index contributed by atoms with van der Waals surface area (Å²) in [6.45, 7) is 6.75. The van der Waals surface area contributed by atoms with E-state index in [0.717, 1.165) is 60.7 Å².